The molecule has 0 saturated carbocycles. The number of rotatable bonds is 9. The summed E-state index contributed by atoms with van der Waals surface area (Å²) in [5.41, 5.74) is 7.56. The predicted molar refractivity (Wildman–Crippen MR) is 132 cm³/mol. The first-order valence-corrected chi connectivity index (χ1v) is 11.3. The number of nitrogens with one attached hydrogen (secondary N) is 3. The second-order valence-electron chi connectivity index (χ2n) is 7.83. The van der Waals surface area contributed by atoms with Gasteiger partial charge in [0, 0.05) is 22.4 Å². The van der Waals surface area contributed by atoms with Gasteiger partial charge in [-0.1, -0.05) is 38.0 Å². The van der Waals surface area contributed by atoms with Gasteiger partial charge in [-0.05, 0) is 73.5 Å². The fourth-order valence-electron chi connectivity index (χ4n) is 3.23. The molecule has 0 atom stereocenters. The number of hydrogen-bond acceptors (Lipinski definition) is 4. The number of aryl methyl sites for hydroxylation is 1. The van der Waals surface area contributed by atoms with E-state index >= 15 is 0 Å². The van der Waals surface area contributed by atoms with Gasteiger partial charge in [0.1, 0.15) is 5.75 Å². The van der Waals surface area contributed by atoms with Crippen molar-refractivity contribution < 1.29 is 19.1 Å². The number of hydrazine groups is 1. The summed E-state index contributed by atoms with van der Waals surface area (Å²) < 4.78 is 5.64. The van der Waals surface area contributed by atoms with Gasteiger partial charge in [0.25, 0.3) is 17.7 Å². The Kier molecular flexibility index (Phi) is 8.80. The molecule has 176 valence electrons. The highest BCUT2D eigenvalue weighted by Crippen LogP contribution is 2.14. The first-order chi connectivity index (χ1) is 16.5. The third-order valence-corrected chi connectivity index (χ3v) is 5.22. The fraction of sp³-hybridized carbons (Fsp3) is 0.222. The van der Waals surface area contributed by atoms with E-state index in [0.717, 1.165) is 24.8 Å². The summed E-state index contributed by atoms with van der Waals surface area (Å²) in [7, 11) is 0. The van der Waals surface area contributed by atoms with Crippen LogP contribution in [-0.2, 0) is 0 Å². The molecule has 7 nitrogen and oxygen atoms in total. The van der Waals surface area contributed by atoms with Crippen molar-refractivity contribution in [2.24, 2.45) is 0 Å². The molecule has 0 aliphatic heterocycles. The number of carbonyl (C=O) groups is 3. The van der Waals surface area contributed by atoms with Gasteiger partial charge in [-0.2, -0.15) is 0 Å². The molecular formula is C27H29N3O4. The number of ether oxygens (including phenoxy) is 1. The Balaban J connectivity index is 1.48. The molecule has 34 heavy (non-hydrogen) atoms. The van der Waals surface area contributed by atoms with E-state index in [1.165, 1.54) is 0 Å². The highest BCUT2D eigenvalue weighted by atomic mass is 16.5. The van der Waals surface area contributed by atoms with Crippen LogP contribution < -0.4 is 20.9 Å². The lowest BCUT2D eigenvalue weighted by Crippen LogP contribution is -2.41. The SMILES string of the molecule is CCCCCOc1ccc(C(=O)NNC(=O)c2ccc(NC(=O)c3ccccc3C)cc2)cc1. The van der Waals surface area contributed by atoms with Crippen LogP contribution in [-0.4, -0.2) is 24.3 Å². The molecule has 0 fully saturated rings. The van der Waals surface area contributed by atoms with Crippen molar-refractivity contribution in [3.05, 3.63) is 95.1 Å². The number of amides is 3. The number of anilines is 1. The van der Waals surface area contributed by atoms with Gasteiger partial charge in [0.05, 0.1) is 6.61 Å². The van der Waals surface area contributed by atoms with Crippen LogP contribution >= 0.6 is 0 Å². The van der Waals surface area contributed by atoms with Crippen molar-refractivity contribution in [1.29, 1.82) is 0 Å². The number of carbonyl (C=O) groups excluding carboxylic acids is 3. The predicted octanol–water partition coefficient (Wildman–Crippen LogP) is 4.89. The lowest BCUT2D eigenvalue weighted by Gasteiger charge is -2.10. The van der Waals surface area contributed by atoms with Gasteiger partial charge >= 0.3 is 0 Å². The third kappa shape index (κ3) is 6.93. The maximum Gasteiger partial charge on any atom is 0.269 e. The summed E-state index contributed by atoms with van der Waals surface area (Å²) in [6.07, 6.45) is 3.23. The minimum Gasteiger partial charge on any atom is -0.494 e. The van der Waals surface area contributed by atoms with Crippen molar-refractivity contribution >= 4 is 23.4 Å². The van der Waals surface area contributed by atoms with Crippen LogP contribution in [0.1, 0.15) is 62.8 Å². The molecule has 0 radical (unpaired) electrons. The molecule has 0 heterocycles. The fourth-order valence-corrected chi connectivity index (χ4v) is 3.23. The van der Waals surface area contributed by atoms with Crippen LogP contribution in [0, 0.1) is 6.92 Å². The molecule has 0 spiro atoms. The molecule has 3 amide bonds. The summed E-state index contributed by atoms with van der Waals surface area (Å²) in [6, 6.07) is 20.4. The topological polar surface area (TPSA) is 96.5 Å². The Morgan fingerprint density at radius 2 is 1.32 bits per heavy atom. The van der Waals surface area contributed by atoms with E-state index in [4.69, 9.17) is 4.74 Å². The van der Waals surface area contributed by atoms with Crippen LogP contribution in [0.5, 0.6) is 5.75 Å². The molecule has 0 saturated heterocycles. The normalized spacial score (nSPS) is 10.3. The molecule has 7 heteroatoms. The maximum absolute atomic E-state index is 12.4. The van der Waals surface area contributed by atoms with Crippen LogP contribution in [0.15, 0.2) is 72.8 Å². The van der Waals surface area contributed by atoms with Gasteiger partial charge in [-0.3, -0.25) is 25.2 Å². The number of unbranched alkanes of at least 4 members (excludes halogenated alkanes) is 2. The largest absolute Gasteiger partial charge is 0.494 e. The van der Waals surface area contributed by atoms with Crippen molar-refractivity contribution in [3.8, 4) is 5.75 Å². The molecule has 3 rings (SSSR count). The van der Waals surface area contributed by atoms with E-state index in [0.29, 0.717) is 34.7 Å². The van der Waals surface area contributed by atoms with E-state index in [2.05, 4.69) is 23.1 Å². The zero-order chi connectivity index (χ0) is 24.3. The molecule has 3 aromatic rings. The first kappa shape index (κ1) is 24.5. The van der Waals surface area contributed by atoms with Gasteiger partial charge in [-0.15, -0.1) is 0 Å². The van der Waals surface area contributed by atoms with Crippen molar-refractivity contribution in [2.75, 3.05) is 11.9 Å². The highest BCUT2D eigenvalue weighted by molar-refractivity contribution is 6.05. The monoisotopic (exact) mass is 459 g/mol. The van der Waals surface area contributed by atoms with Crippen molar-refractivity contribution in [2.45, 2.75) is 33.1 Å². The van der Waals surface area contributed by atoms with Gasteiger partial charge in [0.15, 0.2) is 0 Å². The smallest absolute Gasteiger partial charge is 0.269 e. The molecule has 0 bridgehead atoms. The first-order valence-electron chi connectivity index (χ1n) is 11.3. The van der Waals surface area contributed by atoms with E-state index in [1.54, 1.807) is 60.7 Å². The second-order valence-corrected chi connectivity index (χ2v) is 7.83. The molecule has 0 unspecified atom stereocenters. The Bertz CT molecular complexity index is 1130. The minimum atomic E-state index is -0.471. The molecular weight excluding hydrogens is 430 g/mol. The van der Waals surface area contributed by atoms with Crippen LogP contribution in [0.25, 0.3) is 0 Å². The Morgan fingerprint density at radius 3 is 1.91 bits per heavy atom. The summed E-state index contributed by atoms with van der Waals surface area (Å²) in [6.45, 7) is 4.64. The summed E-state index contributed by atoms with van der Waals surface area (Å²) in [4.78, 5) is 37.1. The zero-order valence-electron chi connectivity index (χ0n) is 19.4. The van der Waals surface area contributed by atoms with Crippen LogP contribution in [0.2, 0.25) is 0 Å². The Labute approximate surface area is 199 Å². The van der Waals surface area contributed by atoms with Gasteiger partial charge in [0.2, 0.25) is 0 Å². The number of benzene rings is 3. The van der Waals surface area contributed by atoms with Crippen molar-refractivity contribution in [3.63, 3.8) is 0 Å². The van der Waals surface area contributed by atoms with Crippen molar-refractivity contribution in [1.82, 2.24) is 10.9 Å². The molecule has 0 aromatic heterocycles. The maximum atomic E-state index is 12.4. The number of hydrogen-bond donors (Lipinski definition) is 3. The Hall–Kier alpha value is -4.13. The molecule has 0 aliphatic carbocycles. The molecule has 3 N–H and O–H groups in total. The quantitative estimate of drug-likeness (QED) is 0.313. The average Bonchev–Trinajstić information content (AvgIpc) is 2.86. The standard InChI is InChI=1S/C27H29N3O4/c1-3-4-7-18-34-23-16-12-21(13-17-23)26(32)30-29-25(31)20-10-14-22(15-11-20)28-27(33)24-9-6-5-8-19(24)2/h5-6,8-17H,3-4,7,18H2,1-2H3,(H,28,33)(H,29,31)(H,30,32). The van der Waals surface area contributed by atoms with E-state index < -0.39 is 11.8 Å². The molecule has 0 aliphatic rings. The minimum absolute atomic E-state index is 0.222. The van der Waals surface area contributed by atoms with Crippen LogP contribution in [0.3, 0.4) is 0 Å². The summed E-state index contributed by atoms with van der Waals surface area (Å²) in [5.74, 6) is -0.430. The zero-order valence-corrected chi connectivity index (χ0v) is 19.4. The summed E-state index contributed by atoms with van der Waals surface area (Å²) >= 11 is 0. The lowest BCUT2D eigenvalue weighted by atomic mass is 10.1. The second kappa shape index (κ2) is 12.2. The van der Waals surface area contributed by atoms with E-state index in [1.807, 2.05) is 19.1 Å². The lowest BCUT2D eigenvalue weighted by molar-refractivity contribution is 0.0846. The van der Waals surface area contributed by atoms with Gasteiger partial charge < -0.3 is 10.1 Å². The Morgan fingerprint density at radius 1 is 0.735 bits per heavy atom. The highest BCUT2D eigenvalue weighted by Gasteiger charge is 2.11. The van der Waals surface area contributed by atoms with E-state index in [9.17, 15) is 14.4 Å². The van der Waals surface area contributed by atoms with Gasteiger partial charge in [-0.25, -0.2) is 0 Å². The average molecular weight is 460 g/mol. The molecule has 3 aromatic carbocycles. The summed E-state index contributed by atoms with van der Waals surface area (Å²) in [5, 5.41) is 2.81. The third-order valence-electron chi connectivity index (χ3n) is 5.22. The van der Waals surface area contributed by atoms with E-state index in [-0.39, 0.29) is 5.91 Å². The van der Waals surface area contributed by atoms with Crippen LogP contribution in [0.4, 0.5) is 5.69 Å².